The van der Waals surface area contributed by atoms with Crippen LogP contribution in [-0.4, -0.2) is 42.0 Å². The van der Waals surface area contributed by atoms with Crippen molar-refractivity contribution in [1.29, 1.82) is 5.26 Å². The fraction of sp³-hybridized carbons (Fsp3) is 0.304. The number of hydrogen-bond acceptors (Lipinski definition) is 6. The van der Waals surface area contributed by atoms with Crippen LogP contribution in [-0.2, 0) is 20.9 Å². The Balaban J connectivity index is 1.90. The van der Waals surface area contributed by atoms with Crippen LogP contribution in [0.4, 0.5) is 0 Å². The molecule has 8 heteroatoms. The van der Waals surface area contributed by atoms with Crippen LogP contribution >= 0.6 is 23.8 Å². The van der Waals surface area contributed by atoms with Crippen LogP contribution in [0.3, 0.4) is 0 Å². The van der Waals surface area contributed by atoms with E-state index >= 15 is 0 Å². The van der Waals surface area contributed by atoms with Gasteiger partial charge in [0, 0.05) is 30.6 Å². The number of carbonyl (C=O) groups is 2. The maximum absolute atomic E-state index is 13.4. The molecule has 2 saturated heterocycles. The van der Waals surface area contributed by atoms with Gasteiger partial charge in [-0.1, -0.05) is 66.3 Å². The number of nitrogens with zero attached hydrogens (tertiary/aromatic N) is 2. The molecule has 2 aliphatic heterocycles. The third kappa shape index (κ3) is 3.32. The molecule has 31 heavy (non-hydrogen) atoms. The zero-order chi connectivity index (χ0) is 22.2. The summed E-state index contributed by atoms with van der Waals surface area (Å²) < 4.78 is 5.13. The Labute approximate surface area is 190 Å². The number of halogens is 1. The van der Waals surface area contributed by atoms with Crippen LogP contribution < -0.4 is 5.32 Å². The standard InChI is InChI=1S/C23H20ClN3O3S/c1-30-21(29)23-14-27(11-15-5-3-2-4-6-15)13-22(12-25,20(31)26-19(23)28)18(23)16-7-9-17(24)10-8-16/h2-10,18H,11,13-14H2,1H3,(H,26,28,31)/t18-,22-,23-/m1/s1. The number of benzene rings is 2. The Kier molecular flexibility index (Phi) is 5.56. The Hall–Kier alpha value is -2.79. The lowest BCUT2D eigenvalue weighted by Crippen LogP contribution is -2.73. The second kappa shape index (κ2) is 8.04. The second-order valence-corrected chi connectivity index (χ2v) is 8.79. The van der Waals surface area contributed by atoms with Gasteiger partial charge in [0.1, 0.15) is 10.4 Å². The Morgan fingerprint density at radius 3 is 2.55 bits per heavy atom. The molecule has 4 rings (SSSR count). The molecule has 2 aromatic rings. The predicted octanol–water partition coefficient (Wildman–Crippen LogP) is 3.07. The maximum Gasteiger partial charge on any atom is 0.323 e. The van der Waals surface area contributed by atoms with Crippen molar-refractivity contribution in [1.82, 2.24) is 10.2 Å². The number of amides is 1. The highest BCUT2D eigenvalue weighted by atomic mass is 35.5. The van der Waals surface area contributed by atoms with Crippen LogP contribution in [0.25, 0.3) is 0 Å². The van der Waals surface area contributed by atoms with Gasteiger partial charge in [0.05, 0.1) is 13.2 Å². The minimum absolute atomic E-state index is 0.0970. The van der Waals surface area contributed by atoms with Crippen molar-refractivity contribution < 1.29 is 14.3 Å². The molecule has 0 spiro atoms. The molecule has 2 aliphatic rings. The highest BCUT2D eigenvalue weighted by Gasteiger charge is 2.69. The lowest BCUT2D eigenvalue weighted by Gasteiger charge is -2.56. The summed E-state index contributed by atoms with van der Waals surface area (Å²) in [6, 6.07) is 18.9. The van der Waals surface area contributed by atoms with Crippen LogP contribution in [0, 0.1) is 22.2 Å². The van der Waals surface area contributed by atoms with E-state index in [9.17, 15) is 14.9 Å². The molecule has 0 aliphatic carbocycles. The smallest absolute Gasteiger partial charge is 0.323 e. The zero-order valence-corrected chi connectivity index (χ0v) is 18.4. The minimum atomic E-state index is -1.63. The highest BCUT2D eigenvalue weighted by molar-refractivity contribution is 7.80. The molecular formula is C23H20ClN3O3S. The number of fused-ring (bicyclic) bond motifs is 2. The van der Waals surface area contributed by atoms with Crippen molar-refractivity contribution in [3.8, 4) is 6.07 Å². The molecule has 2 bridgehead atoms. The van der Waals surface area contributed by atoms with Gasteiger partial charge in [-0.05, 0) is 23.3 Å². The monoisotopic (exact) mass is 453 g/mol. The summed E-state index contributed by atoms with van der Waals surface area (Å²) in [5, 5.41) is 13.6. The lowest BCUT2D eigenvalue weighted by molar-refractivity contribution is -0.169. The van der Waals surface area contributed by atoms with Crippen molar-refractivity contribution in [2.75, 3.05) is 20.2 Å². The van der Waals surface area contributed by atoms with Crippen molar-refractivity contribution in [3.05, 3.63) is 70.7 Å². The number of methoxy groups -OCH3 is 1. The van der Waals surface area contributed by atoms with Gasteiger partial charge in [0.15, 0.2) is 5.41 Å². The van der Waals surface area contributed by atoms with Crippen molar-refractivity contribution >= 4 is 40.7 Å². The topological polar surface area (TPSA) is 82.4 Å². The van der Waals surface area contributed by atoms with E-state index in [2.05, 4.69) is 11.4 Å². The molecule has 1 N–H and O–H groups in total. The molecule has 0 saturated carbocycles. The Morgan fingerprint density at radius 1 is 1.26 bits per heavy atom. The van der Waals surface area contributed by atoms with Crippen molar-refractivity contribution in [2.45, 2.75) is 12.5 Å². The van der Waals surface area contributed by atoms with Crippen LogP contribution in [0.1, 0.15) is 17.0 Å². The molecule has 0 radical (unpaired) electrons. The first-order chi connectivity index (χ1) is 14.9. The highest BCUT2D eigenvalue weighted by Crippen LogP contribution is 2.56. The van der Waals surface area contributed by atoms with Gasteiger partial charge >= 0.3 is 5.97 Å². The van der Waals surface area contributed by atoms with Crippen LogP contribution in [0.5, 0.6) is 0 Å². The molecule has 0 unspecified atom stereocenters. The molecule has 2 fully saturated rings. The molecule has 1 amide bonds. The number of rotatable bonds is 4. The van der Waals surface area contributed by atoms with E-state index in [1.165, 1.54) is 7.11 Å². The number of nitriles is 1. The molecular weight excluding hydrogens is 434 g/mol. The second-order valence-electron chi connectivity index (χ2n) is 7.94. The van der Waals surface area contributed by atoms with Crippen molar-refractivity contribution in [3.63, 3.8) is 0 Å². The van der Waals surface area contributed by atoms with E-state index in [1.54, 1.807) is 24.3 Å². The normalized spacial score (nSPS) is 27.8. The van der Waals surface area contributed by atoms with Gasteiger partial charge in [-0.25, -0.2) is 0 Å². The summed E-state index contributed by atoms with van der Waals surface area (Å²) in [4.78, 5) is 28.7. The summed E-state index contributed by atoms with van der Waals surface area (Å²) in [6.45, 7) is 0.829. The molecule has 158 valence electrons. The lowest BCUT2D eigenvalue weighted by atomic mass is 9.54. The van der Waals surface area contributed by atoms with E-state index in [-0.39, 0.29) is 18.1 Å². The fourth-order valence-corrected chi connectivity index (χ4v) is 5.33. The van der Waals surface area contributed by atoms with Crippen molar-refractivity contribution in [2.24, 2.45) is 10.8 Å². The number of nitrogens with one attached hydrogen (secondary N) is 1. The summed E-state index contributed by atoms with van der Waals surface area (Å²) in [5.74, 6) is -2.04. The average Bonchev–Trinajstić information content (AvgIpc) is 2.78. The number of likely N-dealkylation sites (tertiary alicyclic amines) is 1. The molecule has 0 aromatic heterocycles. The third-order valence-electron chi connectivity index (χ3n) is 6.17. The number of hydrogen-bond donors (Lipinski definition) is 1. The number of thiocarbonyl (C=S) groups is 1. The summed E-state index contributed by atoms with van der Waals surface area (Å²) in [6.07, 6.45) is 0. The molecule has 2 aromatic carbocycles. The maximum atomic E-state index is 13.4. The Bertz CT molecular complexity index is 1090. The van der Waals surface area contributed by atoms with E-state index in [0.717, 1.165) is 5.56 Å². The summed E-state index contributed by atoms with van der Waals surface area (Å²) in [5.41, 5.74) is -1.27. The molecule has 6 nitrogen and oxygen atoms in total. The van der Waals surface area contributed by atoms with E-state index in [0.29, 0.717) is 17.1 Å². The number of piperidine rings is 2. The SMILES string of the molecule is COC(=O)[C@@]12CN(Cc3ccccc3)C[C@@](C#N)(C(=S)NC1=O)[C@H]2c1ccc(Cl)cc1. The van der Waals surface area contributed by atoms with Gasteiger partial charge in [0.25, 0.3) is 0 Å². The minimum Gasteiger partial charge on any atom is -0.468 e. The molecule has 2 heterocycles. The Morgan fingerprint density at radius 2 is 1.94 bits per heavy atom. The van der Waals surface area contributed by atoms with Gasteiger partial charge in [-0.15, -0.1) is 0 Å². The van der Waals surface area contributed by atoms with Gasteiger partial charge in [0.2, 0.25) is 5.91 Å². The average molecular weight is 454 g/mol. The molecule has 3 atom stereocenters. The predicted molar refractivity (Wildman–Crippen MR) is 119 cm³/mol. The largest absolute Gasteiger partial charge is 0.468 e. The third-order valence-corrected chi connectivity index (χ3v) is 6.89. The van der Waals surface area contributed by atoms with Gasteiger partial charge in [-0.3, -0.25) is 14.5 Å². The first-order valence-electron chi connectivity index (χ1n) is 9.74. The summed E-state index contributed by atoms with van der Waals surface area (Å²) >= 11 is 11.6. The number of esters is 1. The number of ether oxygens (including phenoxy) is 1. The van der Waals surface area contributed by atoms with Crippen LogP contribution in [0.2, 0.25) is 5.02 Å². The fourth-order valence-electron chi connectivity index (χ4n) is 4.88. The summed E-state index contributed by atoms with van der Waals surface area (Å²) in [7, 11) is 1.25. The van der Waals surface area contributed by atoms with Gasteiger partial charge in [-0.2, -0.15) is 5.26 Å². The quantitative estimate of drug-likeness (QED) is 0.435. The van der Waals surface area contributed by atoms with Gasteiger partial charge < -0.3 is 10.1 Å². The van der Waals surface area contributed by atoms with Crippen LogP contribution in [0.15, 0.2) is 54.6 Å². The number of carbonyl (C=O) groups excluding carboxylic acids is 2. The zero-order valence-electron chi connectivity index (χ0n) is 16.8. The first kappa shape index (κ1) is 21.4. The first-order valence-corrected chi connectivity index (χ1v) is 10.5. The van der Waals surface area contributed by atoms with E-state index in [4.69, 9.17) is 28.6 Å². The van der Waals surface area contributed by atoms with E-state index < -0.39 is 28.6 Å². The van der Waals surface area contributed by atoms with E-state index in [1.807, 2.05) is 35.2 Å².